The van der Waals surface area contributed by atoms with Gasteiger partial charge in [-0.1, -0.05) is 19.8 Å². The second kappa shape index (κ2) is 17.1. The van der Waals surface area contributed by atoms with Gasteiger partial charge in [-0.2, -0.15) is 0 Å². The quantitative estimate of drug-likeness (QED) is 0.372. The number of ketones is 1. The molecule has 0 radical (unpaired) electrons. The Hall–Kier alpha value is -0.360. The van der Waals surface area contributed by atoms with Gasteiger partial charge < -0.3 is 14.5 Å². The van der Waals surface area contributed by atoms with Crippen LogP contribution in [0.5, 0.6) is 0 Å². The van der Waals surface area contributed by atoms with Crippen molar-refractivity contribution < 1.29 is 14.3 Å². The van der Waals surface area contributed by atoms with Crippen molar-refractivity contribution in [2.24, 2.45) is 0 Å². The summed E-state index contributed by atoms with van der Waals surface area (Å²) in [6.45, 7) is 8.39. The number of Topliss-reactive ketones (excluding diaryl/α,β-unsaturated/α-hetero) is 1. The summed E-state index contributed by atoms with van der Waals surface area (Å²) in [4.78, 5) is 27.7. The molecule has 1 heterocycles. The van der Waals surface area contributed by atoms with Crippen LogP contribution in [0.15, 0.2) is 0 Å². The van der Waals surface area contributed by atoms with E-state index >= 15 is 0 Å². The van der Waals surface area contributed by atoms with Crippen LogP contribution in [0.4, 0.5) is 0 Å². The molecule has 0 atom stereocenters. The molecule has 1 saturated heterocycles. The summed E-state index contributed by atoms with van der Waals surface area (Å²) in [7, 11) is 1.44. The molecule has 150 valence electrons. The molecule has 0 amide bonds. The molecule has 0 aliphatic carbocycles. The van der Waals surface area contributed by atoms with Crippen LogP contribution in [0.25, 0.3) is 0 Å². The van der Waals surface area contributed by atoms with Crippen LogP contribution in [0, 0.1) is 0 Å². The molecule has 1 aliphatic rings. The summed E-state index contributed by atoms with van der Waals surface area (Å²) < 4.78 is 4.65. The first-order valence-corrected chi connectivity index (χ1v) is 9.19. The standard InChI is InChI=1S/C18H34N2O3.2ClH/c1-3-4-5-8-17(21)10-12-20-15-13-19(14-16-20)11-7-6-9-18(22)23-2;;/h3-16H2,1-2H3;2*1H. The number of piperazine rings is 1. The molecule has 1 rings (SSSR count). The molecule has 0 aromatic rings. The average Bonchev–Trinajstić information content (AvgIpc) is 2.58. The van der Waals surface area contributed by atoms with E-state index in [4.69, 9.17) is 0 Å². The minimum atomic E-state index is -0.113. The van der Waals surface area contributed by atoms with Gasteiger partial charge in [0.05, 0.1) is 7.11 Å². The zero-order chi connectivity index (χ0) is 16.9. The third kappa shape index (κ3) is 13.5. The van der Waals surface area contributed by atoms with Crippen LogP contribution in [-0.4, -0.2) is 67.9 Å². The van der Waals surface area contributed by atoms with E-state index in [0.717, 1.165) is 65.0 Å². The van der Waals surface area contributed by atoms with Gasteiger partial charge in [-0.3, -0.25) is 9.59 Å². The van der Waals surface area contributed by atoms with E-state index < -0.39 is 0 Å². The third-order valence-electron chi connectivity index (χ3n) is 4.56. The third-order valence-corrected chi connectivity index (χ3v) is 4.56. The molecule has 7 heteroatoms. The van der Waals surface area contributed by atoms with Crippen molar-refractivity contribution in [3.05, 3.63) is 0 Å². The number of nitrogens with zero attached hydrogens (tertiary/aromatic N) is 2. The zero-order valence-electron chi connectivity index (χ0n) is 15.8. The van der Waals surface area contributed by atoms with E-state index in [1.165, 1.54) is 20.0 Å². The molecule has 25 heavy (non-hydrogen) atoms. The number of methoxy groups -OCH3 is 1. The van der Waals surface area contributed by atoms with Crippen molar-refractivity contribution in [1.82, 2.24) is 9.80 Å². The Kier molecular flexibility index (Phi) is 18.3. The van der Waals surface area contributed by atoms with Gasteiger partial charge in [0.25, 0.3) is 0 Å². The van der Waals surface area contributed by atoms with Crippen molar-refractivity contribution in [2.75, 3.05) is 46.4 Å². The van der Waals surface area contributed by atoms with E-state index in [1.54, 1.807) is 0 Å². The lowest BCUT2D eigenvalue weighted by molar-refractivity contribution is -0.140. The normalized spacial score (nSPS) is 15.1. The fourth-order valence-electron chi connectivity index (χ4n) is 2.92. The first-order chi connectivity index (χ1) is 11.2. The van der Waals surface area contributed by atoms with Gasteiger partial charge in [0, 0.05) is 52.0 Å². The van der Waals surface area contributed by atoms with E-state index in [1.807, 2.05) is 0 Å². The highest BCUT2D eigenvalue weighted by Gasteiger charge is 2.17. The molecule has 0 spiro atoms. The summed E-state index contributed by atoms with van der Waals surface area (Å²) in [6.07, 6.45) is 7.33. The number of carbonyl (C=O) groups excluding carboxylic acids is 2. The Morgan fingerprint density at radius 2 is 1.36 bits per heavy atom. The lowest BCUT2D eigenvalue weighted by Crippen LogP contribution is -2.47. The zero-order valence-corrected chi connectivity index (χ0v) is 17.5. The van der Waals surface area contributed by atoms with Crippen LogP contribution >= 0.6 is 24.8 Å². The maximum atomic E-state index is 11.8. The van der Waals surface area contributed by atoms with Crippen LogP contribution in [0.2, 0.25) is 0 Å². The van der Waals surface area contributed by atoms with Gasteiger partial charge >= 0.3 is 5.97 Å². The minimum absolute atomic E-state index is 0. The van der Waals surface area contributed by atoms with Crippen molar-refractivity contribution in [2.45, 2.75) is 58.3 Å². The number of unbranched alkanes of at least 4 members (excludes halogenated alkanes) is 3. The van der Waals surface area contributed by atoms with Crippen molar-refractivity contribution in [3.63, 3.8) is 0 Å². The van der Waals surface area contributed by atoms with Gasteiger partial charge in [0.2, 0.25) is 0 Å². The molecule has 1 aliphatic heterocycles. The Morgan fingerprint density at radius 3 is 1.92 bits per heavy atom. The fraction of sp³-hybridized carbons (Fsp3) is 0.889. The lowest BCUT2D eigenvalue weighted by Gasteiger charge is -2.34. The first-order valence-electron chi connectivity index (χ1n) is 9.19. The second-order valence-electron chi connectivity index (χ2n) is 6.46. The Bertz CT molecular complexity index is 349. The second-order valence-corrected chi connectivity index (χ2v) is 6.46. The molecule has 0 unspecified atom stereocenters. The molecule has 0 aromatic heterocycles. The SMILES string of the molecule is CCCCCC(=O)CCN1CCN(CCCCC(=O)OC)CC1.Cl.Cl. The van der Waals surface area contributed by atoms with Crippen molar-refractivity contribution in [1.29, 1.82) is 0 Å². The van der Waals surface area contributed by atoms with E-state index in [9.17, 15) is 9.59 Å². The summed E-state index contributed by atoms with van der Waals surface area (Å²) in [5.41, 5.74) is 0. The van der Waals surface area contributed by atoms with Gasteiger partial charge in [-0.05, 0) is 25.8 Å². The summed E-state index contributed by atoms with van der Waals surface area (Å²) >= 11 is 0. The van der Waals surface area contributed by atoms with Gasteiger partial charge in [-0.15, -0.1) is 24.8 Å². The van der Waals surface area contributed by atoms with E-state index in [-0.39, 0.29) is 30.8 Å². The van der Waals surface area contributed by atoms with Crippen LogP contribution < -0.4 is 0 Å². The smallest absolute Gasteiger partial charge is 0.305 e. The average molecular weight is 399 g/mol. The maximum absolute atomic E-state index is 11.8. The van der Waals surface area contributed by atoms with Gasteiger partial charge in [0.1, 0.15) is 5.78 Å². The van der Waals surface area contributed by atoms with Crippen LogP contribution in [0.1, 0.15) is 58.3 Å². The summed E-state index contributed by atoms with van der Waals surface area (Å²) in [5.74, 6) is 0.308. The number of esters is 1. The number of rotatable bonds is 12. The van der Waals surface area contributed by atoms with Gasteiger partial charge in [0.15, 0.2) is 0 Å². The number of ether oxygens (including phenoxy) is 1. The Balaban J connectivity index is 0. The van der Waals surface area contributed by atoms with Crippen LogP contribution in [-0.2, 0) is 14.3 Å². The molecule has 0 aromatic carbocycles. The summed E-state index contributed by atoms with van der Waals surface area (Å²) in [6, 6.07) is 0. The maximum Gasteiger partial charge on any atom is 0.305 e. The fourth-order valence-corrected chi connectivity index (χ4v) is 2.92. The number of hydrogen-bond donors (Lipinski definition) is 0. The molecule has 0 saturated carbocycles. The highest BCUT2D eigenvalue weighted by molar-refractivity contribution is 5.85. The predicted molar refractivity (Wildman–Crippen MR) is 107 cm³/mol. The summed E-state index contributed by atoms with van der Waals surface area (Å²) in [5, 5.41) is 0. The van der Waals surface area contributed by atoms with Crippen molar-refractivity contribution in [3.8, 4) is 0 Å². The predicted octanol–water partition coefficient (Wildman–Crippen LogP) is 3.33. The molecule has 0 N–H and O–H groups in total. The first kappa shape index (κ1) is 26.9. The number of halogens is 2. The molecule has 0 bridgehead atoms. The van der Waals surface area contributed by atoms with E-state index in [2.05, 4.69) is 21.5 Å². The Morgan fingerprint density at radius 1 is 0.800 bits per heavy atom. The lowest BCUT2D eigenvalue weighted by atomic mass is 10.1. The largest absolute Gasteiger partial charge is 0.469 e. The minimum Gasteiger partial charge on any atom is -0.469 e. The highest BCUT2D eigenvalue weighted by Crippen LogP contribution is 2.07. The number of hydrogen-bond acceptors (Lipinski definition) is 5. The topological polar surface area (TPSA) is 49.9 Å². The molecular formula is C18H36Cl2N2O3. The molecular weight excluding hydrogens is 363 g/mol. The Labute approximate surface area is 165 Å². The number of carbonyl (C=O) groups is 2. The highest BCUT2D eigenvalue weighted by atomic mass is 35.5. The van der Waals surface area contributed by atoms with E-state index in [0.29, 0.717) is 18.6 Å². The monoisotopic (exact) mass is 398 g/mol. The molecule has 5 nitrogen and oxygen atoms in total. The van der Waals surface area contributed by atoms with Crippen LogP contribution in [0.3, 0.4) is 0 Å². The molecule has 1 fully saturated rings. The van der Waals surface area contributed by atoms with Crippen molar-refractivity contribution >= 4 is 36.6 Å². The van der Waals surface area contributed by atoms with Gasteiger partial charge in [-0.25, -0.2) is 0 Å².